The van der Waals surface area contributed by atoms with E-state index in [0.717, 1.165) is 19.0 Å². The first-order valence-electron chi connectivity index (χ1n) is 7.76. The van der Waals surface area contributed by atoms with Crippen LogP contribution in [0.3, 0.4) is 0 Å². The van der Waals surface area contributed by atoms with Crippen molar-refractivity contribution in [2.45, 2.75) is 51.2 Å². The average Bonchev–Trinajstić information content (AvgIpc) is 3.26. The fraction of sp³-hybridized carbons (Fsp3) is 0.647. The van der Waals surface area contributed by atoms with Gasteiger partial charge in [-0.1, -0.05) is 28.1 Å². The van der Waals surface area contributed by atoms with Crippen LogP contribution in [0, 0.1) is 5.92 Å². The molecule has 0 amide bonds. The van der Waals surface area contributed by atoms with Crippen molar-refractivity contribution in [3.05, 3.63) is 34.3 Å². The zero-order valence-electron chi connectivity index (χ0n) is 12.7. The third kappa shape index (κ3) is 2.81. The Kier molecular flexibility index (Phi) is 3.95. The largest absolute Gasteiger partial charge is 0.308 e. The SMILES string of the molecule is CC1CNC(C)(C2CC2)CN1C(C)c1cccc(Br)c1. The van der Waals surface area contributed by atoms with Gasteiger partial charge in [0.15, 0.2) is 0 Å². The molecule has 1 aliphatic carbocycles. The van der Waals surface area contributed by atoms with Crippen molar-refractivity contribution >= 4 is 15.9 Å². The van der Waals surface area contributed by atoms with Crippen LogP contribution in [0.5, 0.6) is 0 Å². The van der Waals surface area contributed by atoms with Crippen LogP contribution in [-0.2, 0) is 0 Å². The van der Waals surface area contributed by atoms with Crippen molar-refractivity contribution in [1.82, 2.24) is 10.2 Å². The van der Waals surface area contributed by atoms with Gasteiger partial charge in [0.25, 0.3) is 0 Å². The van der Waals surface area contributed by atoms with E-state index in [1.54, 1.807) is 0 Å². The maximum Gasteiger partial charge on any atom is 0.0324 e. The summed E-state index contributed by atoms with van der Waals surface area (Å²) in [6.45, 7) is 9.36. The minimum atomic E-state index is 0.312. The topological polar surface area (TPSA) is 15.3 Å². The Balaban J connectivity index is 1.79. The molecular formula is C17H25BrN2. The monoisotopic (exact) mass is 336 g/mol. The van der Waals surface area contributed by atoms with Crippen LogP contribution in [0.15, 0.2) is 28.7 Å². The van der Waals surface area contributed by atoms with E-state index < -0.39 is 0 Å². The van der Waals surface area contributed by atoms with Gasteiger partial charge in [-0.25, -0.2) is 0 Å². The number of nitrogens with zero attached hydrogens (tertiary/aromatic N) is 1. The van der Waals surface area contributed by atoms with E-state index in [-0.39, 0.29) is 0 Å². The van der Waals surface area contributed by atoms with Gasteiger partial charge in [-0.2, -0.15) is 0 Å². The lowest BCUT2D eigenvalue weighted by Gasteiger charge is -2.48. The van der Waals surface area contributed by atoms with Gasteiger partial charge in [-0.15, -0.1) is 0 Å². The van der Waals surface area contributed by atoms with E-state index in [1.165, 1.54) is 22.9 Å². The highest BCUT2D eigenvalue weighted by Crippen LogP contribution is 2.42. The van der Waals surface area contributed by atoms with Gasteiger partial charge < -0.3 is 5.32 Å². The number of hydrogen-bond acceptors (Lipinski definition) is 2. The van der Waals surface area contributed by atoms with Crippen LogP contribution in [0.2, 0.25) is 0 Å². The third-order valence-electron chi connectivity index (χ3n) is 5.19. The molecule has 110 valence electrons. The van der Waals surface area contributed by atoms with E-state index in [9.17, 15) is 0 Å². The third-order valence-corrected chi connectivity index (χ3v) is 5.68. The minimum absolute atomic E-state index is 0.312. The van der Waals surface area contributed by atoms with E-state index in [4.69, 9.17) is 0 Å². The van der Waals surface area contributed by atoms with Gasteiger partial charge in [0.05, 0.1) is 0 Å². The summed E-state index contributed by atoms with van der Waals surface area (Å²) in [4.78, 5) is 2.68. The lowest BCUT2D eigenvalue weighted by molar-refractivity contribution is 0.0516. The van der Waals surface area contributed by atoms with Crippen molar-refractivity contribution in [1.29, 1.82) is 0 Å². The first-order chi connectivity index (χ1) is 9.49. The molecule has 3 atom stereocenters. The fourth-order valence-corrected chi connectivity index (χ4v) is 3.98. The number of halogens is 1. The van der Waals surface area contributed by atoms with E-state index >= 15 is 0 Å². The molecule has 1 saturated heterocycles. The average molecular weight is 337 g/mol. The predicted octanol–water partition coefficient (Wildman–Crippen LogP) is 3.97. The second-order valence-electron chi connectivity index (χ2n) is 6.82. The number of benzene rings is 1. The van der Waals surface area contributed by atoms with Gasteiger partial charge in [-0.05, 0) is 57.2 Å². The summed E-state index contributed by atoms with van der Waals surface area (Å²) >= 11 is 3.59. The summed E-state index contributed by atoms with van der Waals surface area (Å²) in [6.07, 6.45) is 2.80. The summed E-state index contributed by atoms with van der Waals surface area (Å²) in [7, 11) is 0. The van der Waals surface area contributed by atoms with Gasteiger partial charge in [0.1, 0.15) is 0 Å². The van der Waals surface area contributed by atoms with Crippen LogP contribution in [0.1, 0.15) is 45.2 Å². The van der Waals surface area contributed by atoms with Gasteiger partial charge in [0.2, 0.25) is 0 Å². The summed E-state index contributed by atoms with van der Waals surface area (Å²) < 4.78 is 1.18. The van der Waals surface area contributed by atoms with Gasteiger partial charge in [0, 0.05) is 35.2 Å². The molecule has 3 rings (SSSR count). The highest BCUT2D eigenvalue weighted by molar-refractivity contribution is 9.10. The Labute approximate surface area is 131 Å². The van der Waals surface area contributed by atoms with Crippen LogP contribution < -0.4 is 5.32 Å². The first kappa shape index (κ1) is 14.6. The number of rotatable bonds is 3. The molecule has 1 aromatic rings. The second kappa shape index (κ2) is 5.43. The molecule has 0 bridgehead atoms. The number of nitrogens with one attached hydrogen (secondary N) is 1. The Hall–Kier alpha value is -0.380. The highest BCUT2D eigenvalue weighted by Gasteiger charge is 2.46. The summed E-state index contributed by atoms with van der Waals surface area (Å²) in [5, 5.41) is 3.80. The quantitative estimate of drug-likeness (QED) is 0.898. The molecule has 0 spiro atoms. The summed E-state index contributed by atoms with van der Waals surface area (Å²) in [6, 6.07) is 9.82. The zero-order chi connectivity index (χ0) is 14.3. The van der Waals surface area contributed by atoms with Crippen molar-refractivity contribution in [3.63, 3.8) is 0 Å². The molecule has 3 unspecified atom stereocenters. The lowest BCUT2D eigenvalue weighted by Crippen LogP contribution is -2.63. The highest BCUT2D eigenvalue weighted by atomic mass is 79.9. The summed E-state index contributed by atoms with van der Waals surface area (Å²) in [5.74, 6) is 0.882. The van der Waals surface area contributed by atoms with Crippen molar-refractivity contribution < 1.29 is 0 Å². The molecule has 0 radical (unpaired) electrons. The van der Waals surface area contributed by atoms with Gasteiger partial charge in [-0.3, -0.25) is 4.90 Å². The molecule has 1 aliphatic heterocycles. The molecular weight excluding hydrogens is 312 g/mol. The summed E-state index contributed by atoms with van der Waals surface area (Å²) in [5.41, 5.74) is 1.72. The van der Waals surface area contributed by atoms with Crippen molar-refractivity contribution in [2.24, 2.45) is 5.92 Å². The van der Waals surface area contributed by atoms with Crippen LogP contribution in [-0.4, -0.2) is 29.6 Å². The van der Waals surface area contributed by atoms with E-state index in [2.05, 4.69) is 71.2 Å². The van der Waals surface area contributed by atoms with Gasteiger partial charge >= 0.3 is 0 Å². The number of piperazine rings is 1. The first-order valence-corrected chi connectivity index (χ1v) is 8.55. The molecule has 2 aliphatic rings. The maximum atomic E-state index is 3.80. The molecule has 1 N–H and O–H groups in total. The Morgan fingerprint density at radius 3 is 2.80 bits per heavy atom. The van der Waals surface area contributed by atoms with Crippen LogP contribution in [0.4, 0.5) is 0 Å². The minimum Gasteiger partial charge on any atom is -0.308 e. The van der Waals surface area contributed by atoms with E-state index in [0.29, 0.717) is 17.6 Å². The molecule has 1 saturated carbocycles. The Morgan fingerprint density at radius 2 is 2.15 bits per heavy atom. The predicted molar refractivity (Wildman–Crippen MR) is 87.9 cm³/mol. The molecule has 1 aromatic carbocycles. The standard InChI is InChI=1S/C17H25BrN2/c1-12-10-19-17(3,15-7-8-15)11-20(12)13(2)14-5-4-6-16(18)9-14/h4-6,9,12-13,15,19H,7-8,10-11H2,1-3H3. The van der Waals surface area contributed by atoms with Crippen molar-refractivity contribution in [3.8, 4) is 0 Å². The second-order valence-corrected chi connectivity index (χ2v) is 7.74. The molecule has 20 heavy (non-hydrogen) atoms. The zero-order valence-corrected chi connectivity index (χ0v) is 14.3. The molecule has 0 aromatic heterocycles. The molecule has 2 fully saturated rings. The molecule has 1 heterocycles. The molecule has 2 nitrogen and oxygen atoms in total. The lowest BCUT2D eigenvalue weighted by atomic mass is 9.89. The molecule has 3 heteroatoms. The Morgan fingerprint density at radius 1 is 1.40 bits per heavy atom. The smallest absolute Gasteiger partial charge is 0.0324 e. The van der Waals surface area contributed by atoms with Crippen LogP contribution in [0.25, 0.3) is 0 Å². The Bertz CT molecular complexity index is 486. The normalized spacial score (nSPS) is 33.1. The van der Waals surface area contributed by atoms with Crippen LogP contribution >= 0.6 is 15.9 Å². The maximum absolute atomic E-state index is 3.80. The number of hydrogen-bond donors (Lipinski definition) is 1. The van der Waals surface area contributed by atoms with Crippen molar-refractivity contribution in [2.75, 3.05) is 13.1 Å². The fourth-order valence-electron chi connectivity index (χ4n) is 3.56. The van der Waals surface area contributed by atoms with E-state index in [1.807, 2.05) is 0 Å².